The van der Waals surface area contributed by atoms with Crippen LogP contribution in [0.3, 0.4) is 0 Å². The highest BCUT2D eigenvalue weighted by molar-refractivity contribution is 7.20. The summed E-state index contributed by atoms with van der Waals surface area (Å²) in [5.74, 6) is -0.865. The van der Waals surface area contributed by atoms with Crippen molar-refractivity contribution in [1.82, 2.24) is 0 Å². The zero-order valence-corrected chi connectivity index (χ0v) is 6.89. The van der Waals surface area contributed by atoms with E-state index in [1.165, 1.54) is 11.3 Å². The van der Waals surface area contributed by atoms with Gasteiger partial charge in [-0.2, -0.15) is 0 Å². The van der Waals surface area contributed by atoms with E-state index in [1.54, 1.807) is 18.2 Å². The third kappa shape index (κ3) is 1.08. The van der Waals surface area contributed by atoms with E-state index in [1.807, 2.05) is 6.07 Å². The maximum Gasteiger partial charge on any atom is 0.345 e. The van der Waals surface area contributed by atoms with Crippen LogP contribution >= 0.6 is 11.3 Å². The molecule has 0 aliphatic rings. The minimum atomic E-state index is -0.865. The SMILES string of the molecule is O=C(O)c1cc2c[c]ccc2s1. The Morgan fingerprint density at radius 3 is 3.08 bits per heavy atom. The molecule has 1 radical (unpaired) electrons. The zero-order chi connectivity index (χ0) is 8.55. The molecule has 0 bridgehead atoms. The van der Waals surface area contributed by atoms with E-state index in [-0.39, 0.29) is 0 Å². The number of thiophene rings is 1. The highest BCUT2D eigenvalue weighted by Gasteiger charge is 2.06. The molecule has 0 unspecified atom stereocenters. The number of fused-ring (bicyclic) bond motifs is 1. The molecule has 59 valence electrons. The molecule has 0 fully saturated rings. The summed E-state index contributed by atoms with van der Waals surface area (Å²) in [6, 6.07) is 10.0. The molecule has 12 heavy (non-hydrogen) atoms. The number of aromatic carboxylic acids is 1. The summed E-state index contributed by atoms with van der Waals surface area (Å²) >= 11 is 1.29. The Labute approximate surface area is 73.1 Å². The Morgan fingerprint density at radius 1 is 1.58 bits per heavy atom. The predicted octanol–water partition coefficient (Wildman–Crippen LogP) is 2.40. The van der Waals surface area contributed by atoms with Gasteiger partial charge in [-0.3, -0.25) is 0 Å². The topological polar surface area (TPSA) is 37.3 Å². The van der Waals surface area contributed by atoms with Crippen molar-refractivity contribution < 1.29 is 9.90 Å². The van der Waals surface area contributed by atoms with Crippen LogP contribution in [0.2, 0.25) is 0 Å². The largest absolute Gasteiger partial charge is 0.477 e. The van der Waals surface area contributed by atoms with Gasteiger partial charge in [0.15, 0.2) is 0 Å². The molecule has 0 saturated carbocycles. The molecule has 3 heteroatoms. The van der Waals surface area contributed by atoms with Gasteiger partial charge in [0.1, 0.15) is 4.88 Å². The van der Waals surface area contributed by atoms with E-state index in [4.69, 9.17) is 5.11 Å². The molecule has 1 aromatic carbocycles. The van der Waals surface area contributed by atoms with Crippen molar-refractivity contribution in [3.05, 3.63) is 35.2 Å². The number of hydrogen-bond acceptors (Lipinski definition) is 2. The Balaban J connectivity index is 2.70. The molecular formula is C9H5O2S. The number of carbonyl (C=O) groups is 1. The first-order valence-corrected chi connectivity index (χ1v) is 4.22. The van der Waals surface area contributed by atoms with Gasteiger partial charge in [0.05, 0.1) is 0 Å². The molecule has 0 spiro atoms. The van der Waals surface area contributed by atoms with Crippen molar-refractivity contribution >= 4 is 27.4 Å². The molecule has 1 heterocycles. The fourth-order valence-corrected chi connectivity index (χ4v) is 1.91. The first-order chi connectivity index (χ1) is 5.77. The van der Waals surface area contributed by atoms with Gasteiger partial charge < -0.3 is 5.11 Å². The second-order valence-electron chi connectivity index (χ2n) is 2.38. The maximum atomic E-state index is 10.6. The summed E-state index contributed by atoms with van der Waals surface area (Å²) in [6.45, 7) is 0. The van der Waals surface area contributed by atoms with Crippen molar-refractivity contribution in [2.45, 2.75) is 0 Å². The third-order valence-electron chi connectivity index (χ3n) is 1.57. The maximum absolute atomic E-state index is 10.6. The molecule has 1 aromatic heterocycles. The van der Waals surface area contributed by atoms with Gasteiger partial charge in [-0.25, -0.2) is 4.79 Å². The molecule has 2 aromatic rings. The Hall–Kier alpha value is -1.35. The number of hydrogen-bond donors (Lipinski definition) is 1. The number of benzene rings is 1. The predicted molar refractivity (Wildman–Crippen MR) is 47.6 cm³/mol. The number of rotatable bonds is 1. The van der Waals surface area contributed by atoms with Crippen molar-refractivity contribution in [3.8, 4) is 0 Å². The average molecular weight is 177 g/mol. The smallest absolute Gasteiger partial charge is 0.345 e. The van der Waals surface area contributed by atoms with E-state index in [9.17, 15) is 4.79 Å². The Morgan fingerprint density at radius 2 is 2.42 bits per heavy atom. The van der Waals surface area contributed by atoms with Crippen LogP contribution in [-0.2, 0) is 0 Å². The lowest BCUT2D eigenvalue weighted by Gasteiger charge is -1.81. The molecule has 0 aliphatic carbocycles. The molecule has 2 nitrogen and oxygen atoms in total. The summed E-state index contributed by atoms with van der Waals surface area (Å²) in [7, 11) is 0. The zero-order valence-electron chi connectivity index (χ0n) is 6.07. The summed E-state index contributed by atoms with van der Waals surface area (Å²) in [6.07, 6.45) is 0. The molecule has 0 amide bonds. The van der Waals surface area contributed by atoms with E-state index in [2.05, 4.69) is 6.07 Å². The van der Waals surface area contributed by atoms with E-state index >= 15 is 0 Å². The molecule has 0 aliphatic heterocycles. The molecule has 0 atom stereocenters. The average Bonchev–Trinajstić information content (AvgIpc) is 2.46. The van der Waals surface area contributed by atoms with Crippen molar-refractivity contribution in [3.63, 3.8) is 0 Å². The van der Waals surface area contributed by atoms with Crippen molar-refractivity contribution in [2.24, 2.45) is 0 Å². The second kappa shape index (κ2) is 2.60. The van der Waals surface area contributed by atoms with Crippen LogP contribution in [0.15, 0.2) is 24.3 Å². The van der Waals surface area contributed by atoms with Gasteiger partial charge in [0.2, 0.25) is 0 Å². The van der Waals surface area contributed by atoms with Gasteiger partial charge in [0, 0.05) is 4.70 Å². The van der Waals surface area contributed by atoms with Crippen LogP contribution in [0.5, 0.6) is 0 Å². The monoisotopic (exact) mass is 177 g/mol. The van der Waals surface area contributed by atoms with Crippen LogP contribution in [0.1, 0.15) is 9.67 Å². The fraction of sp³-hybridized carbons (Fsp3) is 0. The van der Waals surface area contributed by atoms with E-state index < -0.39 is 5.97 Å². The minimum Gasteiger partial charge on any atom is -0.477 e. The van der Waals surface area contributed by atoms with Crippen LogP contribution in [0.4, 0.5) is 0 Å². The molecule has 0 saturated heterocycles. The highest BCUT2D eigenvalue weighted by atomic mass is 32.1. The molecule has 2 rings (SSSR count). The van der Waals surface area contributed by atoms with Crippen LogP contribution in [0.25, 0.3) is 10.1 Å². The minimum absolute atomic E-state index is 0.379. The van der Waals surface area contributed by atoms with Gasteiger partial charge in [0.25, 0.3) is 0 Å². The number of carboxylic acids is 1. The van der Waals surface area contributed by atoms with E-state index in [0.29, 0.717) is 4.88 Å². The number of carboxylic acid groups (broad SMARTS) is 1. The molecular weight excluding hydrogens is 172 g/mol. The first-order valence-electron chi connectivity index (χ1n) is 3.40. The van der Waals surface area contributed by atoms with Crippen LogP contribution < -0.4 is 0 Å². The summed E-state index contributed by atoms with van der Waals surface area (Å²) in [5, 5.41) is 9.63. The van der Waals surface area contributed by atoms with Crippen LogP contribution in [0, 0.1) is 6.07 Å². The van der Waals surface area contributed by atoms with Crippen LogP contribution in [-0.4, -0.2) is 11.1 Å². The highest BCUT2D eigenvalue weighted by Crippen LogP contribution is 2.24. The summed E-state index contributed by atoms with van der Waals surface area (Å²) in [5.41, 5.74) is 0. The third-order valence-corrected chi connectivity index (χ3v) is 2.68. The summed E-state index contributed by atoms with van der Waals surface area (Å²) in [4.78, 5) is 11.0. The van der Waals surface area contributed by atoms with Crippen molar-refractivity contribution in [1.29, 1.82) is 0 Å². The Bertz CT molecular complexity index is 398. The fourth-order valence-electron chi connectivity index (χ4n) is 1.03. The normalized spacial score (nSPS) is 10.3. The van der Waals surface area contributed by atoms with E-state index in [0.717, 1.165) is 10.1 Å². The quantitative estimate of drug-likeness (QED) is 0.726. The lowest BCUT2D eigenvalue weighted by molar-refractivity contribution is 0.0702. The standard InChI is InChI=1S/C9H5O2S/c10-9(11)8-5-6-3-1-2-4-7(6)12-8/h2-5H,(H,10,11). The lowest BCUT2D eigenvalue weighted by atomic mass is 10.2. The van der Waals surface area contributed by atoms with Gasteiger partial charge in [-0.1, -0.05) is 6.07 Å². The Kier molecular flexibility index (Phi) is 1.59. The van der Waals surface area contributed by atoms with Gasteiger partial charge >= 0.3 is 5.97 Å². The van der Waals surface area contributed by atoms with Crippen molar-refractivity contribution in [2.75, 3.05) is 0 Å². The first kappa shape index (κ1) is 7.31. The second-order valence-corrected chi connectivity index (χ2v) is 3.46. The van der Waals surface area contributed by atoms with Gasteiger partial charge in [-0.05, 0) is 29.7 Å². The van der Waals surface area contributed by atoms with Gasteiger partial charge in [-0.15, -0.1) is 11.3 Å². The summed E-state index contributed by atoms with van der Waals surface area (Å²) < 4.78 is 0.992. The lowest BCUT2D eigenvalue weighted by Crippen LogP contribution is -1.89. The molecule has 1 N–H and O–H groups in total.